The molecule has 0 atom stereocenters. The lowest BCUT2D eigenvalue weighted by atomic mass is 10.2. The molecule has 84 valence electrons. The lowest BCUT2D eigenvalue weighted by Gasteiger charge is -2.06. The van der Waals surface area contributed by atoms with Crippen LogP contribution in [0.3, 0.4) is 0 Å². The summed E-state index contributed by atoms with van der Waals surface area (Å²) in [6.07, 6.45) is 5.09. The van der Waals surface area contributed by atoms with Crippen molar-refractivity contribution in [1.82, 2.24) is 14.7 Å². The van der Waals surface area contributed by atoms with Gasteiger partial charge in [0.15, 0.2) is 5.78 Å². The van der Waals surface area contributed by atoms with Crippen LogP contribution < -0.4 is 0 Å². The van der Waals surface area contributed by atoms with Crippen LogP contribution in [-0.2, 0) is 6.54 Å². The summed E-state index contributed by atoms with van der Waals surface area (Å²) in [5.74, 6) is 0.172. The zero-order valence-electron chi connectivity index (χ0n) is 9.73. The van der Waals surface area contributed by atoms with Crippen LogP contribution in [0.4, 0.5) is 0 Å². The highest BCUT2D eigenvalue weighted by molar-refractivity contribution is 5.95. The Morgan fingerprint density at radius 2 is 2.27 bits per heavy atom. The van der Waals surface area contributed by atoms with Gasteiger partial charge in [0.1, 0.15) is 0 Å². The van der Waals surface area contributed by atoms with Crippen LogP contribution in [-0.4, -0.2) is 41.1 Å². The minimum absolute atomic E-state index is 0.172. The van der Waals surface area contributed by atoms with Gasteiger partial charge in [0.05, 0.1) is 11.8 Å². The van der Waals surface area contributed by atoms with E-state index < -0.39 is 0 Å². The quantitative estimate of drug-likeness (QED) is 0.665. The van der Waals surface area contributed by atoms with Gasteiger partial charge in [-0.05, 0) is 20.5 Å². The molecule has 15 heavy (non-hydrogen) atoms. The summed E-state index contributed by atoms with van der Waals surface area (Å²) in [6, 6.07) is 0. The van der Waals surface area contributed by atoms with E-state index in [1.165, 1.54) is 0 Å². The molecule has 0 saturated heterocycles. The monoisotopic (exact) mass is 209 g/mol. The Labute approximate surface area is 90.9 Å². The number of aryl methyl sites for hydroxylation is 1. The van der Waals surface area contributed by atoms with Crippen LogP contribution in [0.15, 0.2) is 12.4 Å². The number of aromatic nitrogens is 2. The van der Waals surface area contributed by atoms with Crippen molar-refractivity contribution in [3.8, 4) is 0 Å². The number of carbonyl (C=O) groups excluding carboxylic acids is 1. The molecule has 0 unspecified atom stereocenters. The highest BCUT2D eigenvalue weighted by Crippen LogP contribution is 2.03. The molecule has 0 fully saturated rings. The first-order chi connectivity index (χ1) is 7.13. The molecule has 0 aliphatic rings. The lowest BCUT2D eigenvalue weighted by Crippen LogP contribution is -2.16. The minimum Gasteiger partial charge on any atom is -0.309 e. The van der Waals surface area contributed by atoms with Crippen LogP contribution in [0.5, 0.6) is 0 Å². The van der Waals surface area contributed by atoms with E-state index in [0.717, 1.165) is 25.1 Å². The molecule has 1 aromatic heterocycles. The molecule has 0 aromatic carbocycles. The van der Waals surface area contributed by atoms with E-state index in [2.05, 4.69) is 12.0 Å². The SMILES string of the molecule is CCCn1cc(C(=O)CCN(C)C)cn1. The van der Waals surface area contributed by atoms with Gasteiger partial charge in [0.25, 0.3) is 0 Å². The number of hydrogen-bond acceptors (Lipinski definition) is 3. The van der Waals surface area contributed by atoms with Crippen molar-refractivity contribution in [1.29, 1.82) is 0 Å². The van der Waals surface area contributed by atoms with Crippen molar-refractivity contribution in [2.24, 2.45) is 0 Å². The molecule has 0 spiro atoms. The zero-order chi connectivity index (χ0) is 11.3. The predicted octanol–water partition coefficient (Wildman–Crippen LogP) is 1.43. The molecule has 0 aliphatic heterocycles. The number of Topliss-reactive ketones (excluding diaryl/α,β-unsaturated/α-hetero) is 1. The van der Waals surface area contributed by atoms with E-state index in [-0.39, 0.29) is 5.78 Å². The fraction of sp³-hybridized carbons (Fsp3) is 0.636. The standard InChI is InChI=1S/C11H19N3O/c1-4-6-14-9-10(8-12-14)11(15)5-7-13(2)3/h8-9H,4-7H2,1-3H3. The summed E-state index contributed by atoms with van der Waals surface area (Å²) in [6.45, 7) is 3.76. The van der Waals surface area contributed by atoms with Gasteiger partial charge in [-0.15, -0.1) is 0 Å². The molecule has 0 saturated carbocycles. The second kappa shape index (κ2) is 5.66. The summed E-state index contributed by atoms with van der Waals surface area (Å²) in [4.78, 5) is 13.7. The number of hydrogen-bond donors (Lipinski definition) is 0. The van der Waals surface area contributed by atoms with Crippen LogP contribution >= 0.6 is 0 Å². The number of nitrogens with zero attached hydrogens (tertiary/aromatic N) is 3. The first kappa shape index (κ1) is 11.9. The fourth-order valence-corrected chi connectivity index (χ4v) is 1.33. The Morgan fingerprint density at radius 3 is 2.87 bits per heavy atom. The second-order valence-corrected chi connectivity index (χ2v) is 3.97. The van der Waals surface area contributed by atoms with Gasteiger partial charge in [-0.1, -0.05) is 6.92 Å². The molecule has 0 N–H and O–H groups in total. The van der Waals surface area contributed by atoms with Crippen molar-refractivity contribution in [2.45, 2.75) is 26.3 Å². The minimum atomic E-state index is 0.172. The first-order valence-electron chi connectivity index (χ1n) is 5.34. The Balaban J connectivity index is 2.50. The van der Waals surface area contributed by atoms with Gasteiger partial charge in [0, 0.05) is 25.7 Å². The summed E-state index contributed by atoms with van der Waals surface area (Å²) in [7, 11) is 3.93. The molecule has 0 aliphatic carbocycles. The highest BCUT2D eigenvalue weighted by Gasteiger charge is 2.08. The highest BCUT2D eigenvalue weighted by atomic mass is 16.1. The summed E-state index contributed by atoms with van der Waals surface area (Å²) in [5.41, 5.74) is 0.727. The molecule has 0 amide bonds. The Morgan fingerprint density at radius 1 is 1.53 bits per heavy atom. The average Bonchev–Trinajstić information content (AvgIpc) is 2.63. The number of carbonyl (C=O) groups is 1. The van der Waals surface area contributed by atoms with Crippen LogP contribution in [0, 0.1) is 0 Å². The molecule has 0 bridgehead atoms. The van der Waals surface area contributed by atoms with E-state index >= 15 is 0 Å². The molecule has 4 nitrogen and oxygen atoms in total. The van der Waals surface area contributed by atoms with Gasteiger partial charge >= 0.3 is 0 Å². The maximum absolute atomic E-state index is 11.7. The van der Waals surface area contributed by atoms with Crippen LogP contribution in [0.1, 0.15) is 30.1 Å². The molecule has 1 rings (SSSR count). The second-order valence-electron chi connectivity index (χ2n) is 3.97. The van der Waals surface area contributed by atoms with E-state index in [0.29, 0.717) is 6.42 Å². The predicted molar refractivity (Wildman–Crippen MR) is 60.0 cm³/mol. The maximum atomic E-state index is 11.7. The smallest absolute Gasteiger partial charge is 0.167 e. The third-order valence-electron chi connectivity index (χ3n) is 2.19. The third-order valence-corrected chi connectivity index (χ3v) is 2.19. The van der Waals surface area contributed by atoms with E-state index in [9.17, 15) is 4.79 Å². The maximum Gasteiger partial charge on any atom is 0.167 e. The van der Waals surface area contributed by atoms with E-state index in [1.807, 2.05) is 29.9 Å². The summed E-state index contributed by atoms with van der Waals surface area (Å²) < 4.78 is 1.82. The van der Waals surface area contributed by atoms with Crippen molar-refractivity contribution in [3.05, 3.63) is 18.0 Å². The van der Waals surface area contributed by atoms with Crippen molar-refractivity contribution >= 4 is 5.78 Å². The molecule has 4 heteroatoms. The molecule has 1 aromatic rings. The van der Waals surface area contributed by atoms with Crippen molar-refractivity contribution in [2.75, 3.05) is 20.6 Å². The number of rotatable bonds is 6. The van der Waals surface area contributed by atoms with Crippen LogP contribution in [0.25, 0.3) is 0 Å². The molecule has 0 radical (unpaired) electrons. The molecule has 1 heterocycles. The van der Waals surface area contributed by atoms with Gasteiger partial charge in [0.2, 0.25) is 0 Å². The zero-order valence-corrected chi connectivity index (χ0v) is 9.73. The first-order valence-corrected chi connectivity index (χ1v) is 5.34. The Hall–Kier alpha value is -1.16. The van der Waals surface area contributed by atoms with Gasteiger partial charge in [-0.3, -0.25) is 9.48 Å². The topological polar surface area (TPSA) is 38.1 Å². The third kappa shape index (κ3) is 3.83. The Kier molecular flexibility index (Phi) is 4.49. The fourth-order valence-electron chi connectivity index (χ4n) is 1.33. The van der Waals surface area contributed by atoms with Gasteiger partial charge < -0.3 is 4.90 Å². The average molecular weight is 209 g/mol. The molecular formula is C11H19N3O. The number of ketones is 1. The van der Waals surface area contributed by atoms with E-state index in [1.54, 1.807) is 6.20 Å². The van der Waals surface area contributed by atoms with Crippen molar-refractivity contribution < 1.29 is 4.79 Å². The van der Waals surface area contributed by atoms with Gasteiger partial charge in [-0.2, -0.15) is 5.10 Å². The lowest BCUT2D eigenvalue weighted by molar-refractivity contribution is 0.0972. The normalized spacial score (nSPS) is 10.9. The van der Waals surface area contributed by atoms with Gasteiger partial charge in [-0.25, -0.2) is 0 Å². The molecular weight excluding hydrogens is 190 g/mol. The largest absolute Gasteiger partial charge is 0.309 e. The summed E-state index contributed by atoms with van der Waals surface area (Å²) >= 11 is 0. The van der Waals surface area contributed by atoms with Crippen molar-refractivity contribution in [3.63, 3.8) is 0 Å². The Bertz CT molecular complexity index is 317. The van der Waals surface area contributed by atoms with E-state index in [4.69, 9.17) is 0 Å². The summed E-state index contributed by atoms with van der Waals surface area (Å²) in [5, 5.41) is 4.14. The van der Waals surface area contributed by atoms with Crippen LogP contribution in [0.2, 0.25) is 0 Å².